The summed E-state index contributed by atoms with van der Waals surface area (Å²) in [4.78, 5) is 13.2. The second-order valence-electron chi connectivity index (χ2n) is 7.62. The van der Waals surface area contributed by atoms with E-state index in [4.69, 9.17) is 0 Å². The summed E-state index contributed by atoms with van der Waals surface area (Å²) in [5.41, 5.74) is 0.914. The number of aryl methyl sites for hydroxylation is 1. The highest BCUT2D eigenvalue weighted by atomic mass is 32.2. The van der Waals surface area contributed by atoms with Crippen molar-refractivity contribution in [2.24, 2.45) is 0 Å². The van der Waals surface area contributed by atoms with E-state index in [0.717, 1.165) is 24.8 Å². The van der Waals surface area contributed by atoms with Gasteiger partial charge in [0.2, 0.25) is 15.9 Å². The molecule has 0 unspecified atom stereocenters. The molecule has 3 rings (SSSR count). The van der Waals surface area contributed by atoms with Gasteiger partial charge in [-0.25, -0.2) is 17.5 Å². The average molecular weight is 419 g/mol. The Morgan fingerprint density at radius 2 is 1.72 bits per heavy atom. The molecule has 0 radical (unpaired) electrons. The maximum atomic E-state index is 13.8. The van der Waals surface area contributed by atoms with Crippen LogP contribution in [-0.2, 0) is 20.2 Å². The van der Waals surface area contributed by atoms with Crippen LogP contribution in [0.3, 0.4) is 0 Å². The summed E-state index contributed by atoms with van der Waals surface area (Å²) >= 11 is 0. The molecule has 0 spiro atoms. The van der Waals surface area contributed by atoms with Crippen molar-refractivity contribution in [2.45, 2.75) is 49.3 Å². The molecule has 5 nitrogen and oxygen atoms in total. The fourth-order valence-electron chi connectivity index (χ4n) is 3.92. The van der Waals surface area contributed by atoms with Gasteiger partial charge in [0.15, 0.2) is 0 Å². The van der Waals surface area contributed by atoms with Crippen molar-refractivity contribution in [3.63, 3.8) is 0 Å². The van der Waals surface area contributed by atoms with E-state index in [1.165, 1.54) is 12.1 Å². The van der Waals surface area contributed by atoms with E-state index < -0.39 is 15.4 Å². The largest absolute Gasteiger partial charge is 0.354 e. The van der Waals surface area contributed by atoms with Crippen LogP contribution in [0.15, 0.2) is 53.4 Å². The van der Waals surface area contributed by atoms with Crippen LogP contribution in [0.1, 0.15) is 43.2 Å². The first-order chi connectivity index (χ1) is 13.8. The molecule has 0 bridgehead atoms. The van der Waals surface area contributed by atoms with Crippen molar-refractivity contribution < 1.29 is 17.6 Å². The van der Waals surface area contributed by atoms with Gasteiger partial charge in [-0.1, -0.05) is 49.1 Å². The summed E-state index contributed by atoms with van der Waals surface area (Å²) in [5.74, 6) is -0.525. The number of hydrogen-bond donors (Lipinski definition) is 2. The van der Waals surface area contributed by atoms with Gasteiger partial charge in [0.25, 0.3) is 0 Å². The summed E-state index contributed by atoms with van der Waals surface area (Å²) in [6.07, 6.45) is 4.20. The second kappa shape index (κ2) is 9.05. The number of nitrogens with one attached hydrogen (secondary N) is 2. The topological polar surface area (TPSA) is 75.3 Å². The highest BCUT2D eigenvalue weighted by molar-refractivity contribution is 7.89. The quantitative estimate of drug-likeness (QED) is 0.677. The standard InChI is InChI=1S/C22H27FN2O3S/c1-17-8-10-20(11-9-17)29(27,28)25-15-14-24-21(26)22(12-3-2-4-13-22)18-6-5-7-19(23)16-18/h5-11,16,25H,2-4,12-15H2,1H3,(H,24,26). The molecule has 2 aromatic rings. The van der Waals surface area contributed by atoms with Crippen LogP contribution in [-0.4, -0.2) is 27.4 Å². The number of benzene rings is 2. The van der Waals surface area contributed by atoms with E-state index in [1.54, 1.807) is 36.4 Å². The smallest absolute Gasteiger partial charge is 0.240 e. The number of carbonyl (C=O) groups excluding carboxylic acids is 1. The van der Waals surface area contributed by atoms with Gasteiger partial charge in [-0.3, -0.25) is 4.79 Å². The molecule has 1 saturated carbocycles. The molecule has 1 amide bonds. The molecule has 0 aromatic heterocycles. The Morgan fingerprint density at radius 3 is 2.38 bits per heavy atom. The fraction of sp³-hybridized carbons (Fsp3) is 0.409. The first kappa shape index (κ1) is 21.5. The zero-order valence-electron chi connectivity index (χ0n) is 16.6. The van der Waals surface area contributed by atoms with Crippen molar-refractivity contribution in [1.82, 2.24) is 10.0 Å². The molecule has 0 atom stereocenters. The molecule has 0 aliphatic heterocycles. The maximum Gasteiger partial charge on any atom is 0.240 e. The first-order valence-electron chi connectivity index (χ1n) is 9.94. The first-order valence-corrected chi connectivity index (χ1v) is 11.4. The Kier molecular flexibility index (Phi) is 6.70. The zero-order valence-corrected chi connectivity index (χ0v) is 17.4. The molecule has 0 heterocycles. The second-order valence-corrected chi connectivity index (χ2v) is 9.39. The Balaban J connectivity index is 1.63. The number of sulfonamides is 1. The lowest BCUT2D eigenvalue weighted by atomic mass is 9.68. The minimum atomic E-state index is -3.62. The van der Waals surface area contributed by atoms with Gasteiger partial charge in [0.1, 0.15) is 5.82 Å². The van der Waals surface area contributed by atoms with Crippen LogP contribution in [0.25, 0.3) is 0 Å². The lowest BCUT2D eigenvalue weighted by Gasteiger charge is -2.36. The van der Waals surface area contributed by atoms with Crippen LogP contribution in [0, 0.1) is 12.7 Å². The molecular formula is C22H27FN2O3S. The number of carbonyl (C=O) groups is 1. The highest BCUT2D eigenvalue weighted by Gasteiger charge is 2.41. The maximum absolute atomic E-state index is 13.8. The molecular weight excluding hydrogens is 391 g/mol. The summed E-state index contributed by atoms with van der Waals surface area (Å²) in [7, 11) is -3.62. The van der Waals surface area contributed by atoms with Crippen LogP contribution in [0.4, 0.5) is 4.39 Å². The van der Waals surface area contributed by atoms with Crippen molar-refractivity contribution >= 4 is 15.9 Å². The minimum Gasteiger partial charge on any atom is -0.354 e. The molecule has 1 aliphatic carbocycles. The average Bonchev–Trinajstić information content (AvgIpc) is 2.72. The third kappa shape index (κ3) is 5.03. The molecule has 0 saturated heterocycles. The number of rotatable bonds is 7. The van der Waals surface area contributed by atoms with E-state index >= 15 is 0 Å². The summed E-state index contributed by atoms with van der Waals surface area (Å²) < 4.78 is 41.0. The number of halogens is 1. The number of amides is 1. The van der Waals surface area contributed by atoms with Crippen LogP contribution >= 0.6 is 0 Å². The Hall–Kier alpha value is -2.25. The summed E-state index contributed by atoms with van der Waals surface area (Å²) in [5, 5.41) is 2.86. The molecule has 2 aromatic carbocycles. The van der Waals surface area contributed by atoms with Gasteiger partial charge in [-0.05, 0) is 49.6 Å². The molecule has 29 heavy (non-hydrogen) atoms. The third-order valence-electron chi connectivity index (χ3n) is 5.55. The van der Waals surface area contributed by atoms with E-state index in [1.807, 2.05) is 6.92 Å². The Labute approximate surface area is 171 Å². The zero-order chi connectivity index (χ0) is 20.9. The van der Waals surface area contributed by atoms with Crippen molar-refractivity contribution in [3.8, 4) is 0 Å². The molecule has 2 N–H and O–H groups in total. The van der Waals surface area contributed by atoms with Gasteiger partial charge in [-0.2, -0.15) is 0 Å². The van der Waals surface area contributed by atoms with E-state index in [9.17, 15) is 17.6 Å². The fourth-order valence-corrected chi connectivity index (χ4v) is 4.95. The van der Waals surface area contributed by atoms with Crippen molar-refractivity contribution in [1.29, 1.82) is 0 Å². The van der Waals surface area contributed by atoms with Crippen LogP contribution < -0.4 is 10.0 Å². The van der Waals surface area contributed by atoms with Gasteiger partial charge in [0.05, 0.1) is 10.3 Å². The molecule has 1 aliphatic rings. The van der Waals surface area contributed by atoms with Gasteiger partial charge >= 0.3 is 0 Å². The normalized spacial score (nSPS) is 16.3. The van der Waals surface area contributed by atoms with Gasteiger partial charge in [-0.15, -0.1) is 0 Å². The van der Waals surface area contributed by atoms with E-state index in [0.29, 0.717) is 18.4 Å². The molecule has 7 heteroatoms. The predicted octanol–water partition coefficient (Wildman–Crippen LogP) is 3.43. The predicted molar refractivity (Wildman–Crippen MR) is 111 cm³/mol. The third-order valence-corrected chi connectivity index (χ3v) is 7.03. The van der Waals surface area contributed by atoms with Gasteiger partial charge in [0, 0.05) is 13.1 Å². The van der Waals surface area contributed by atoms with Crippen molar-refractivity contribution in [3.05, 3.63) is 65.5 Å². The SMILES string of the molecule is Cc1ccc(S(=O)(=O)NCCNC(=O)C2(c3cccc(F)c3)CCCCC2)cc1. The van der Waals surface area contributed by atoms with E-state index in [-0.39, 0.29) is 29.7 Å². The van der Waals surface area contributed by atoms with Crippen LogP contribution in [0.2, 0.25) is 0 Å². The highest BCUT2D eigenvalue weighted by Crippen LogP contribution is 2.39. The summed E-state index contributed by atoms with van der Waals surface area (Å²) in [6, 6.07) is 12.8. The lowest BCUT2D eigenvalue weighted by molar-refractivity contribution is -0.128. The Bertz CT molecular complexity index is 952. The molecule has 156 valence electrons. The lowest BCUT2D eigenvalue weighted by Crippen LogP contribution is -2.47. The van der Waals surface area contributed by atoms with Gasteiger partial charge < -0.3 is 5.32 Å². The van der Waals surface area contributed by atoms with Crippen LogP contribution in [0.5, 0.6) is 0 Å². The van der Waals surface area contributed by atoms with E-state index in [2.05, 4.69) is 10.0 Å². The molecule has 1 fully saturated rings. The minimum absolute atomic E-state index is 0.0845. The monoisotopic (exact) mass is 418 g/mol. The Morgan fingerprint density at radius 1 is 1.03 bits per heavy atom. The number of hydrogen-bond acceptors (Lipinski definition) is 3. The van der Waals surface area contributed by atoms with Crippen molar-refractivity contribution in [2.75, 3.05) is 13.1 Å². The summed E-state index contributed by atoms with van der Waals surface area (Å²) in [6.45, 7) is 2.14.